The summed E-state index contributed by atoms with van der Waals surface area (Å²) >= 11 is 1.74. The number of ether oxygens (including phenoxy) is 1. The van der Waals surface area contributed by atoms with E-state index in [0.717, 1.165) is 39.4 Å². The first-order valence-corrected chi connectivity index (χ1v) is 8.59. The van der Waals surface area contributed by atoms with Gasteiger partial charge in [-0.2, -0.15) is 11.3 Å². The van der Waals surface area contributed by atoms with Crippen molar-refractivity contribution in [1.29, 1.82) is 0 Å². The van der Waals surface area contributed by atoms with Gasteiger partial charge in [0.1, 0.15) is 0 Å². The molecule has 6 heteroatoms. The number of rotatable bonds is 6. The molecule has 1 atom stereocenters. The van der Waals surface area contributed by atoms with Gasteiger partial charge in [0, 0.05) is 13.1 Å². The van der Waals surface area contributed by atoms with Crippen LogP contribution in [0.25, 0.3) is 0 Å². The second-order valence-electron chi connectivity index (χ2n) is 5.09. The molecular weight excluding hydrogens is 284 g/mol. The summed E-state index contributed by atoms with van der Waals surface area (Å²) in [5, 5.41) is 4.34. The van der Waals surface area contributed by atoms with Crippen LogP contribution in [0, 0.1) is 0 Å². The fraction of sp³-hybridized carbons (Fsp3) is 0.667. The zero-order chi connectivity index (χ0) is 15.1. The molecule has 0 aromatic carbocycles. The maximum atomic E-state index is 6.14. The van der Waals surface area contributed by atoms with Gasteiger partial charge in [-0.1, -0.05) is 13.8 Å². The van der Waals surface area contributed by atoms with Gasteiger partial charge in [0.25, 0.3) is 0 Å². The quantitative estimate of drug-likeness (QED) is 0.643. The van der Waals surface area contributed by atoms with Crippen molar-refractivity contribution in [2.75, 3.05) is 45.9 Å². The second kappa shape index (κ2) is 8.36. The van der Waals surface area contributed by atoms with E-state index in [1.165, 1.54) is 5.56 Å². The Kier molecular flexibility index (Phi) is 6.48. The third kappa shape index (κ3) is 4.43. The Morgan fingerprint density at radius 2 is 2.14 bits per heavy atom. The van der Waals surface area contributed by atoms with Crippen LogP contribution in [-0.2, 0) is 4.74 Å². The summed E-state index contributed by atoms with van der Waals surface area (Å²) in [7, 11) is 0. The van der Waals surface area contributed by atoms with E-state index in [0.29, 0.717) is 18.5 Å². The largest absolute Gasteiger partial charge is 0.378 e. The first kappa shape index (κ1) is 16.3. The van der Waals surface area contributed by atoms with Gasteiger partial charge in [0.05, 0.1) is 25.8 Å². The molecule has 1 aromatic rings. The Morgan fingerprint density at radius 1 is 1.43 bits per heavy atom. The minimum Gasteiger partial charge on any atom is -0.378 e. The molecule has 0 radical (unpaired) electrons. The molecule has 5 nitrogen and oxygen atoms in total. The monoisotopic (exact) mass is 310 g/mol. The zero-order valence-electron chi connectivity index (χ0n) is 13.0. The fourth-order valence-electron chi connectivity index (χ4n) is 2.63. The summed E-state index contributed by atoms with van der Waals surface area (Å²) in [5.74, 6) is 0.644. The molecule has 118 valence electrons. The number of thiophene rings is 1. The van der Waals surface area contributed by atoms with Crippen LogP contribution >= 0.6 is 11.3 Å². The molecule has 0 bridgehead atoms. The molecule has 0 amide bonds. The van der Waals surface area contributed by atoms with Crippen LogP contribution < -0.4 is 5.73 Å². The second-order valence-corrected chi connectivity index (χ2v) is 5.87. The van der Waals surface area contributed by atoms with E-state index >= 15 is 0 Å². The van der Waals surface area contributed by atoms with Crippen molar-refractivity contribution in [3.8, 4) is 0 Å². The predicted octanol–water partition coefficient (Wildman–Crippen LogP) is 1.78. The lowest BCUT2D eigenvalue weighted by molar-refractivity contribution is 0.0673. The van der Waals surface area contributed by atoms with E-state index < -0.39 is 0 Å². The Morgan fingerprint density at radius 3 is 2.71 bits per heavy atom. The Balaban J connectivity index is 2.04. The van der Waals surface area contributed by atoms with E-state index in [1.807, 2.05) is 0 Å². The molecule has 2 heterocycles. The van der Waals surface area contributed by atoms with Gasteiger partial charge >= 0.3 is 0 Å². The van der Waals surface area contributed by atoms with Crippen molar-refractivity contribution < 1.29 is 4.74 Å². The minimum atomic E-state index is 0.311. The molecule has 0 saturated carbocycles. The lowest BCUT2D eigenvalue weighted by atomic mass is 10.1. The van der Waals surface area contributed by atoms with Gasteiger partial charge in [-0.25, -0.2) is 0 Å². The Bertz CT molecular complexity index is 425. The lowest BCUT2D eigenvalue weighted by Crippen LogP contribution is -2.45. The normalized spacial score (nSPS) is 18.2. The van der Waals surface area contributed by atoms with E-state index in [1.54, 1.807) is 11.3 Å². The highest BCUT2D eigenvalue weighted by Gasteiger charge is 2.19. The van der Waals surface area contributed by atoms with Crippen LogP contribution in [0.5, 0.6) is 0 Å². The van der Waals surface area contributed by atoms with Crippen molar-refractivity contribution >= 4 is 17.3 Å². The smallest absolute Gasteiger partial charge is 0.191 e. The predicted molar refractivity (Wildman–Crippen MR) is 88.9 cm³/mol. The summed E-state index contributed by atoms with van der Waals surface area (Å²) < 4.78 is 5.35. The molecule has 1 aromatic heterocycles. The summed E-state index contributed by atoms with van der Waals surface area (Å²) in [5.41, 5.74) is 7.47. The first-order valence-electron chi connectivity index (χ1n) is 7.65. The maximum absolute atomic E-state index is 6.14. The number of nitrogens with two attached hydrogens (primary N) is 1. The maximum Gasteiger partial charge on any atom is 0.191 e. The summed E-state index contributed by atoms with van der Waals surface area (Å²) in [4.78, 5) is 9.18. The SMILES string of the molecule is CCN(CC)C(CN=C(N)N1CCOCC1)c1ccsc1. The van der Waals surface area contributed by atoms with Crippen LogP contribution in [-0.4, -0.2) is 61.7 Å². The summed E-state index contributed by atoms with van der Waals surface area (Å²) in [6, 6.07) is 2.50. The van der Waals surface area contributed by atoms with Gasteiger partial charge in [-0.05, 0) is 35.5 Å². The Labute approximate surface area is 131 Å². The number of morpholine rings is 1. The van der Waals surface area contributed by atoms with Crippen molar-refractivity contribution in [2.45, 2.75) is 19.9 Å². The molecule has 1 unspecified atom stereocenters. The average molecular weight is 310 g/mol. The highest BCUT2D eigenvalue weighted by molar-refractivity contribution is 7.07. The van der Waals surface area contributed by atoms with Gasteiger partial charge < -0.3 is 15.4 Å². The summed E-state index contributed by atoms with van der Waals surface area (Å²) in [6.07, 6.45) is 0. The van der Waals surface area contributed by atoms with Crippen molar-refractivity contribution in [3.63, 3.8) is 0 Å². The van der Waals surface area contributed by atoms with Crippen molar-refractivity contribution in [3.05, 3.63) is 22.4 Å². The molecular formula is C15H26N4OS. The van der Waals surface area contributed by atoms with Crippen LogP contribution in [0.3, 0.4) is 0 Å². The number of likely N-dealkylation sites (N-methyl/N-ethyl adjacent to an activating group) is 1. The van der Waals surface area contributed by atoms with Crippen LogP contribution in [0.1, 0.15) is 25.5 Å². The molecule has 21 heavy (non-hydrogen) atoms. The molecule has 2 N–H and O–H groups in total. The van der Waals surface area contributed by atoms with E-state index in [4.69, 9.17) is 10.5 Å². The highest BCUT2D eigenvalue weighted by Crippen LogP contribution is 2.23. The van der Waals surface area contributed by atoms with Gasteiger partial charge in [0.2, 0.25) is 0 Å². The molecule has 2 rings (SSSR count). The first-order chi connectivity index (χ1) is 10.3. The van der Waals surface area contributed by atoms with E-state index in [2.05, 4.69) is 45.5 Å². The minimum absolute atomic E-state index is 0.311. The highest BCUT2D eigenvalue weighted by atomic mass is 32.1. The number of hydrogen-bond donors (Lipinski definition) is 1. The van der Waals surface area contributed by atoms with Crippen LogP contribution in [0.2, 0.25) is 0 Å². The van der Waals surface area contributed by atoms with Gasteiger partial charge in [-0.15, -0.1) is 0 Å². The number of hydrogen-bond acceptors (Lipinski definition) is 4. The van der Waals surface area contributed by atoms with Crippen LogP contribution in [0.15, 0.2) is 21.8 Å². The third-order valence-corrected chi connectivity index (χ3v) is 4.64. The fourth-order valence-corrected chi connectivity index (χ4v) is 3.34. The standard InChI is InChI=1S/C15H26N4OS/c1-3-18(4-2)14(13-5-10-21-12-13)11-17-15(16)19-6-8-20-9-7-19/h5,10,12,14H,3-4,6-9,11H2,1-2H3,(H2,16,17). The third-order valence-electron chi connectivity index (χ3n) is 3.94. The molecule has 1 fully saturated rings. The lowest BCUT2D eigenvalue weighted by Gasteiger charge is -2.30. The van der Waals surface area contributed by atoms with E-state index in [9.17, 15) is 0 Å². The van der Waals surface area contributed by atoms with Crippen molar-refractivity contribution in [1.82, 2.24) is 9.80 Å². The van der Waals surface area contributed by atoms with Gasteiger partial charge in [-0.3, -0.25) is 9.89 Å². The molecule has 1 aliphatic heterocycles. The van der Waals surface area contributed by atoms with Crippen molar-refractivity contribution in [2.24, 2.45) is 10.7 Å². The number of aliphatic imine (C=N–C) groups is 1. The van der Waals surface area contributed by atoms with E-state index in [-0.39, 0.29) is 0 Å². The molecule has 1 aliphatic rings. The summed E-state index contributed by atoms with van der Waals surface area (Å²) in [6.45, 7) is 10.3. The molecule has 0 aliphatic carbocycles. The van der Waals surface area contributed by atoms with Crippen LogP contribution in [0.4, 0.5) is 0 Å². The topological polar surface area (TPSA) is 54.1 Å². The molecule has 0 spiro atoms. The average Bonchev–Trinajstić information content (AvgIpc) is 3.06. The number of guanidine groups is 1. The molecule has 1 saturated heterocycles. The Hall–Kier alpha value is -1.11. The van der Waals surface area contributed by atoms with Gasteiger partial charge in [0.15, 0.2) is 5.96 Å². The number of nitrogens with zero attached hydrogens (tertiary/aromatic N) is 3. The zero-order valence-corrected chi connectivity index (χ0v) is 13.8.